The highest BCUT2D eigenvalue weighted by Gasteiger charge is 2.26. The third-order valence-electron chi connectivity index (χ3n) is 3.75. The lowest BCUT2D eigenvalue weighted by Gasteiger charge is -2.33. The van der Waals surface area contributed by atoms with Gasteiger partial charge in [-0.25, -0.2) is 8.42 Å². The number of nitrogens with one attached hydrogen (secondary N) is 1. The lowest BCUT2D eigenvalue weighted by Crippen LogP contribution is -2.44. The van der Waals surface area contributed by atoms with Crippen molar-refractivity contribution in [3.8, 4) is 0 Å². The van der Waals surface area contributed by atoms with E-state index in [0.29, 0.717) is 17.1 Å². The van der Waals surface area contributed by atoms with Gasteiger partial charge in [0.15, 0.2) is 9.84 Å². The summed E-state index contributed by atoms with van der Waals surface area (Å²) in [4.78, 5) is 0.359. The molecule has 108 valence electrons. The maximum absolute atomic E-state index is 12.1. The SMILES string of the molecule is CCC(CC)(CN)Nc1ccccc1S(=O)(=O)CC. The fraction of sp³-hybridized carbons (Fsp3) is 0.571. The van der Waals surface area contributed by atoms with Crippen LogP contribution in [-0.2, 0) is 9.84 Å². The minimum Gasteiger partial charge on any atom is -0.377 e. The Labute approximate surface area is 116 Å². The zero-order valence-corrected chi connectivity index (χ0v) is 12.8. The molecule has 4 nitrogen and oxygen atoms in total. The van der Waals surface area contributed by atoms with Gasteiger partial charge < -0.3 is 11.1 Å². The molecule has 1 rings (SSSR count). The number of para-hydroxylation sites is 1. The average Bonchev–Trinajstić information content (AvgIpc) is 2.45. The zero-order valence-electron chi connectivity index (χ0n) is 11.9. The topological polar surface area (TPSA) is 72.2 Å². The Bertz CT molecular complexity index is 500. The molecule has 0 spiro atoms. The smallest absolute Gasteiger partial charge is 0.180 e. The molecule has 5 heteroatoms. The van der Waals surface area contributed by atoms with Gasteiger partial charge in [0, 0.05) is 12.1 Å². The van der Waals surface area contributed by atoms with Crippen LogP contribution in [0.1, 0.15) is 33.6 Å². The van der Waals surface area contributed by atoms with Crippen molar-refractivity contribution in [3.05, 3.63) is 24.3 Å². The molecule has 1 aromatic rings. The van der Waals surface area contributed by atoms with Crippen LogP contribution in [0, 0.1) is 0 Å². The molecule has 0 aliphatic heterocycles. The monoisotopic (exact) mass is 284 g/mol. The molecule has 0 unspecified atom stereocenters. The van der Waals surface area contributed by atoms with Crippen molar-refractivity contribution in [2.45, 2.75) is 44.0 Å². The van der Waals surface area contributed by atoms with E-state index in [-0.39, 0.29) is 11.3 Å². The minimum atomic E-state index is -3.23. The van der Waals surface area contributed by atoms with Gasteiger partial charge in [-0.3, -0.25) is 0 Å². The molecule has 0 amide bonds. The lowest BCUT2D eigenvalue weighted by molar-refractivity contribution is 0.444. The third-order valence-corrected chi connectivity index (χ3v) is 5.53. The Hall–Kier alpha value is -1.07. The summed E-state index contributed by atoms with van der Waals surface area (Å²) in [5.74, 6) is 0.0968. The van der Waals surface area contributed by atoms with Crippen molar-refractivity contribution in [3.63, 3.8) is 0 Å². The molecule has 0 saturated carbocycles. The fourth-order valence-electron chi connectivity index (χ4n) is 2.05. The van der Waals surface area contributed by atoms with E-state index in [0.717, 1.165) is 12.8 Å². The summed E-state index contributed by atoms with van der Waals surface area (Å²) in [5, 5.41) is 3.35. The van der Waals surface area contributed by atoms with Crippen LogP contribution >= 0.6 is 0 Å². The van der Waals surface area contributed by atoms with E-state index in [4.69, 9.17) is 5.73 Å². The quantitative estimate of drug-likeness (QED) is 0.806. The van der Waals surface area contributed by atoms with Crippen LogP contribution in [-0.4, -0.2) is 26.3 Å². The molecule has 0 aliphatic rings. The number of hydrogen-bond acceptors (Lipinski definition) is 4. The molecule has 0 atom stereocenters. The molecule has 0 radical (unpaired) electrons. The fourth-order valence-corrected chi connectivity index (χ4v) is 3.10. The molecule has 0 heterocycles. The van der Waals surface area contributed by atoms with Crippen molar-refractivity contribution in [2.75, 3.05) is 17.6 Å². The van der Waals surface area contributed by atoms with Crippen LogP contribution in [0.2, 0.25) is 0 Å². The first-order valence-corrected chi connectivity index (χ1v) is 8.40. The molecular weight excluding hydrogens is 260 g/mol. The normalized spacial score (nSPS) is 12.4. The van der Waals surface area contributed by atoms with E-state index in [1.807, 2.05) is 6.07 Å². The van der Waals surface area contributed by atoms with Crippen LogP contribution in [0.15, 0.2) is 29.2 Å². The van der Waals surface area contributed by atoms with E-state index in [1.165, 1.54) is 0 Å². The molecule has 19 heavy (non-hydrogen) atoms. The van der Waals surface area contributed by atoms with E-state index in [1.54, 1.807) is 25.1 Å². The number of benzene rings is 1. The molecule has 0 aromatic heterocycles. The number of anilines is 1. The summed E-state index contributed by atoms with van der Waals surface area (Å²) in [5.41, 5.74) is 6.26. The lowest BCUT2D eigenvalue weighted by atomic mass is 9.92. The van der Waals surface area contributed by atoms with Crippen molar-refractivity contribution < 1.29 is 8.42 Å². The van der Waals surface area contributed by atoms with Gasteiger partial charge in [-0.2, -0.15) is 0 Å². The molecule has 0 bridgehead atoms. The van der Waals surface area contributed by atoms with Crippen molar-refractivity contribution >= 4 is 15.5 Å². The van der Waals surface area contributed by atoms with Crippen LogP contribution < -0.4 is 11.1 Å². The van der Waals surface area contributed by atoms with Crippen LogP contribution in [0.3, 0.4) is 0 Å². The highest BCUT2D eigenvalue weighted by Crippen LogP contribution is 2.27. The summed E-state index contributed by atoms with van der Waals surface area (Å²) in [6.45, 7) is 6.24. The van der Waals surface area contributed by atoms with Gasteiger partial charge in [-0.1, -0.05) is 32.9 Å². The summed E-state index contributed by atoms with van der Waals surface area (Å²) in [7, 11) is -3.23. The highest BCUT2D eigenvalue weighted by atomic mass is 32.2. The maximum atomic E-state index is 12.1. The summed E-state index contributed by atoms with van der Waals surface area (Å²) in [6, 6.07) is 7.03. The molecule has 1 aromatic carbocycles. The van der Waals surface area contributed by atoms with E-state index in [9.17, 15) is 8.42 Å². The minimum absolute atomic E-state index is 0.0968. The molecule has 0 fully saturated rings. The van der Waals surface area contributed by atoms with Gasteiger partial charge in [0.2, 0.25) is 0 Å². The Morgan fingerprint density at radius 3 is 2.21 bits per heavy atom. The Morgan fingerprint density at radius 1 is 1.16 bits per heavy atom. The number of sulfone groups is 1. The van der Waals surface area contributed by atoms with Crippen LogP contribution in [0.5, 0.6) is 0 Å². The zero-order chi connectivity index (χ0) is 14.5. The van der Waals surface area contributed by atoms with Gasteiger partial charge in [0.05, 0.1) is 16.3 Å². The predicted molar refractivity (Wildman–Crippen MR) is 80.2 cm³/mol. The van der Waals surface area contributed by atoms with Crippen LogP contribution in [0.25, 0.3) is 0 Å². The third kappa shape index (κ3) is 3.48. The van der Waals surface area contributed by atoms with Gasteiger partial charge in [0.25, 0.3) is 0 Å². The van der Waals surface area contributed by atoms with Gasteiger partial charge in [-0.15, -0.1) is 0 Å². The molecular formula is C14H24N2O2S. The van der Waals surface area contributed by atoms with Crippen molar-refractivity contribution in [2.24, 2.45) is 5.73 Å². The Kier molecular flexibility index (Phi) is 5.38. The van der Waals surface area contributed by atoms with Crippen molar-refractivity contribution in [1.29, 1.82) is 0 Å². The number of nitrogens with two attached hydrogens (primary N) is 1. The van der Waals surface area contributed by atoms with Gasteiger partial charge in [-0.05, 0) is 25.0 Å². The van der Waals surface area contributed by atoms with E-state index in [2.05, 4.69) is 19.2 Å². The summed E-state index contributed by atoms with van der Waals surface area (Å²) in [6.07, 6.45) is 1.70. The standard InChI is InChI=1S/C14H24N2O2S/c1-4-14(5-2,11-15)16-12-9-7-8-10-13(12)19(17,18)6-3/h7-10,16H,4-6,11,15H2,1-3H3. The van der Waals surface area contributed by atoms with E-state index < -0.39 is 9.84 Å². The van der Waals surface area contributed by atoms with Crippen LogP contribution in [0.4, 0.5) is 5.69 Å². The summed E-state index contributed by atoms with van der Waals surface area (Å²) >= 11 is 0. The average molecular weight is 284 g/mol. The molecule has 3 N–H and O–H groups in total. The number of rotatable bonds is 7. The molecule has 0 aliphatic carbocycles. The van der Waals surface area contributed by atoms with Crippen molar-refractivity contribution in [1.82, 2.24) is 0 Å². The second-order valence-electron chi connectivity index (χ2n) is 4.72. The Morgan fingerprint density at radius 2 is 1.74 bits per heavy atom. The van der Waals surface area contributed by atoms with Gasteiger partial charge >= 0.3 is 0 Å². The Balaban J connectivity index is 3.22. The first-order valence-electron chi connectivity index (χ1n) is 6.74. The summed E-state index contributed by atoms with van der Waals surface area (Å²) < 4.78 is 24.2. The largest absolute Gasteiger partial charge is 0.377 e. The van der Waals surface area contributed by atoms with Gasteiger partial charge in [0.1, 0.15) is 0 Å². The second-order valence-corrected chi connectivity index (χ2v) is 6.96. The first-order chi connectivity index (χ1) is 8.94. The maximum Gasteiger partial charge on any atom is 0.180 e. The molecule has 0 saturated heterocycles. The predicted octanol–water partition coefficient (Wildman–Crippen LogP) is 2.41. The number of hydrogen-bond donors (Lipinski definition) is 2. The highest BCUT2D eigenvalue weighted by molar-refractivity contribution is 7.91. The second kappa shape index (κ2) is 6.39. The first kappa shape index (κ1) is 16.0. The van der Waals surface area contributed by atoms with E-state index >= 15 is 0 Å².